The van der Waals surface area contributed by atoms with Gasteiger partial charge >= 0.3 is 0 Å². The summed E-state index contributed by atoms with van der Waals surface area (Å²) in [5, 5.41) is 10.3. The zero-order valence-electron chi connectivity index (χ0n) is 12.6. The first kappa shape index (κ1) is 15.0. The van der Waals surface area contributed by atoms with Crippen molar-refractivity contribution in [2.24, 2.45) is 0 Å². The number of aryl methyl sites for hydroxylation is 1. The lowest BCUT2D eigenvalue weighted by Crippen LogP contribution is -2.16. The van der Waals surface area contributed by atoms with Gasteiger partial charge in [-0.1, -0.05) is 29.5 Å². The number of anilines is 1. The fraction of sp³-hybridized carbons (Fsp3) is 0.353. The molecule has 1 aromatic carbocycles. The molecule has 22 heavy (non-hydrogen) atoms. The van der Waals surface area contributed by atoms with Gasteiger partial charge in [0.1, 0.15) is 16.8 Å². The average Bonchev–Trinajstić information content (AvgIpc) is 3.12. The van der Waals surface area contributed by atoms with Crippen LogP contribution in [0.15, 0.2) is 40.3 Å². The Kier molecular flexibility index (Phi) is 4.41. The number of nitrogen functional groups attached to an aromatic ring is 1. The third-order valence-corrected chi connectivity index (χ3v) is 4.99. The summed E-state index contributed by atoms with van der Waals surface area (Å²) in [6.45, 7) is 3.56. The second kappa shape index (κ2) is 6.47. The van der Waals surface area contributed by atoms with Gasteiger partial charge in [-0.15, -0.1) is 0 Å². The van der Waals surface area contributed by atoms with Crippen LogP contribution in [0.4, 0.5) is 5.69 Å². The second-order valence-corrected chi connectivity index (χ2v) is 6.62. The quantitative estimate of drug-likeness (QED) is 0.937. The highest BCUT2D eigenvalue weighted by Gasteiger charge is 2.21. The number of ether oxygens (including phenoxy) is 1. The molecule has 2 N–H and O–H groups in total. The van der Waals surface area contributed by atoms with Crippen molar-refractivity contribution in [1.82, 2.24) is 4.57 Å². The lowest BCUT2D eigenvalue weighted by Gasteiger charge is -2.15. The number of hydrogen-bond donors (Lipinski definition) is 1. The molecule has 114 valence electrons. The molecule has 0 aliphatic carbocycles. The van der Waals surface area contributed by atoms with Gasteiger partial charge in [-0.2, -0.15) is 5.26 Å². The first-order chi connectivity index (χ1) is 10.7. The van der Waals surface area contributed by atoms with Crippen LogP contribution in [0.5, 0.6) is 0 Å². The fourth-order valence-electron chi connectivity index (χ4n) is 2.65. The molecule has 5 heteroatoms. The monoisotopic (exact) mass is 313 g/mol. The lowest BCUT2D eigenvalue weighted by molar-refractivity contribution is 0.0951. The van der Waals surface area contributed by atoms with Crippen molar-refractivity contribution < 1.29 is 4.74 Å². The van der Waals surface area contributed by atoms with Gasteiger partial charge in [-0.25, -0.2) is 0 Å². The van der Waals surface area contributed by atoms with E-state index in [0.29, 0.717) is 17.9 Å². The average molecular weight is 313 g/mol. The second-order valence-electron chi connectivity index (χ2n) is 5.56. The highest BCUT2D eigenvalue weighted by molar-refractivity contribution is 7.99. The Morgan fingerprint density at radius 3 is 2.82 bits per heavy atom. The Morgan fingerprint density at radius 1 is 1.41 bits per heavy atom. The van der Waals surface area contributed by atoms with Gasteiger partial charge in [0.05, 0.1) is 18.3 Å². The summed E-state index contributed by atoms with van der Waals surface area (Å²) < 4.78 is 7.70. The number of hydrogen-bond acceptors (Lipinski definition) is 4. The summed E-state index contributed by atoms with van der Waals surface area (Å²) in [7, 11) is 0. The van der Waals surface area contributed by atoms with Crippen LogP contribution in [0.2, 0.25) is 0 Å². The molecule has 4 nitrogen and oxygen atoms in total. The molecule has 0 bridgehead atoms. The molecule has 1 aliphatic heterocycles. The van der Waals surface area contributed by atoms with Crippen molar-refractivity contribution in [3.63, 3.8) is 0 Å². The first-order valence-corrected chi connectivity index (χ1v) is 8.24. The molecule has 1 atom stereocenters. The standard InChI is InChI=1S/C17H19N3OS/c1-12-4-6-15(7-5-12)22-17-16(19)9-13(10-18)20(17)11-14-3-2-8-21-14/h4-7,9,14H,2-3,8,11,19H2,1H3/t14-/m0/s1. The molecule has 0 radical (unpaired) electrons. The summed E-state index contributed by atoms with van der Waals surface area (Å²) in [5.41, 5.74) is 8.62. The maximum atomic E-state index is 9.36. The molecule has 0 saturated carbocycles. The summed E-state index contributed by atoms with van der Waals surface area (Å²) >= 11 is 1.60. The number of aromatic nitrogens is 1. The maximum absolute atomic E-state index is 9.36. The van der Waals surface area contributed by atoms with Crippen molar-refractivity contribution in [3.8, 4) is 6.07 Å². The van der Waals surface area contributed by atoms with Gasteiger partial charge in [0.2, 0.25) is 0 Å². The Labute approximate surface area is 134 Å². The molecule has 2 heterocycles. The van der Waals surface area contributed by atoms with Crippen LogP contribution in [0, 0.1) is 18.3 Å². The predicted octanol–water partition coefficient (Wildman–Crippen LogP) is 3.58. The lowest BCUT2D eigenvalue weighted by atomic mass is 10.2. The van der Waals surface area contributed by atoms with E-state index in [2.05, 4.69) is 37.3 Å². The van der Waals surface area contributed by atoms with Gasteiger partial charge in [-0.05, 0) is 38.0 Å². The molecule has 1 aromatic heterocycles. The molecule has 0 unspecified atom stereocenters. The van der Waals surface area contributed by atoms with E-state index in [9.17, 15) is 5.26 Å². The summed E-state index contributed by atoms with van der Waals surface area (Å²) in [4.78, 5) is 1.12. The molecule has 0 amide bonds. The highest BCUT2D eigenvalue weighted by Crippen LogP contribution is 2.35. The van der Waals surface area contributed by atoms with Crippen molar-refractivity contribution in [3.05, 3.63) is 41.6 Å². The van der Waals surface area contributed by atoms with E-state index in [4.69, 9.17) is 10.5 Å². The van der Waals surface area contributed by atoms with E-state index in [0.717, 1.165) is 29.4 Å². The maximum Gasteiger partial charge on any atom is 0.123 e. The van der Waals surface area contributed by atoms with E-state index in [1.54, 1.807) is 17.8 Å². The van der Waals surface area contributed by atoms with Crippen LogP contribution < -0.4 is 5.73 Å². The molecule has 2 aromatic rings. The normalized spacial score (nSPS) is 17.5. The third-order valence-electron chi connectivity index (χ3n) is 3.84. The molecule has 0 spiro atoms. The van der Waals surface area contributed by atoms with Crippen LogP contribution in [0.3, 0.4) is 0 Å². The number of nitriles is 1. The number of nitrogens with two attached hydrogens (primary N) is 1. The smallest absolute Gasteiger partial charge is 0.123 e. The zero-order chi connectivity index (χ0) is 15.5. The predicted molar refractivity (Wildman–Crippen MR) is 87.8 cm³/mol. The summed E-state index contributed by atoms with van der Waals surface area (Å²) in [5.74, 6) is 0. The Morgan fingerprint density at radius 2 is 2.18 bits per heavy atom. The van der Waals surface area contributed by atoms with Gasteiger partial charge in [-0.3, -0.25) is 0 Å². The SMILES string of the molecule is Cc1ccc(Sc2c(N)cc(C#N)n2C[C@@H]2CCCO2)cc1. The van der Waals surface area contributed by atoms with Crippen molar-refractivity contribution in [1.29, 1.82) is 5.26 Å². The van der Waals surface area contributed by atoms with E-state index < -0.39 is 0 Å². The fourth-order valence-corrected chi connectivity index (χ4v) is 3.61. The van der Waals surface area contributed by atoms with Crippen LogP contribution in [-0.2, 0) is 11.3 Å². The largest absolute Gasteiger partial charge is 0.397 e. The van der Waals surface area contributed by atoms with Gasteiger partial charge in [0, 0.05) is 11.5 Å². The molecular formula is C17H19N3OS. The van der Waals surface area contributed by atoms with Crippen molar-refractivity contribution in [2.75, 3.05) is 12.3 Å². The minimum Gasteiger partial charge on any atom is -0.397 e. The number of rotatable bonds is 4. The van der Waals surface area contributed by atoms with Crippen LogP contribution >= 0.6 is 11.8 Å². The van der Waals surface area contributed by atoms with E-state index >= 15 is 0 Å². The highest BCUT2D eigenvalue weighted by atomic mass is 32.2. The molecule has 1 saturated heterocycles. The van der Waals surface area contributed by atoms with E-state index in [-0.39, 0.29) is 6.10 Å². The van der Waals surface area contributed by atoms with Crippen LogP contribution in [0.1, 0.15) is 24.1 Å². The minimum atomic E-state index is 0.177. The van der Waals surface area contributed by atoms with Crippen LogP contribution in [0.25, 0.3) is 0 Å². The Bertz CT molecular complexity index is 694. The van der Waals surface area contributed by atoms with E-state index in [1.165, 1.54) is 5.56 Å². The van der Waals surface area contributed by atoms with Crippen molar-refractivity contribution in [2.45, 2.75) is 42.3 Å². The summed E-state index contributed by atoms with van der Waals surface area (Å²) in [6.07, 6.45) is 2.30. The zero-order valence-corrected chi connectivity index (χ0v) is 13.4. The number of benzene rings is 1. The minimum absolute atomic E-state index is 0.177. The van der Waals surface area contributed by atoms with Crippen LogP contribution in [-0.4, -0.2) is 17.3 Å². The third kappa shape index (κ3) is 3.13. The summed E-state index contributed by atoms with van der Waals surface area (Å²) in [6, 6.07) is 12.3. The van der Waals surface area contributed by atoms with Gasteiger partial charge in [0.15, 0.2) is 0 Å². The van der Waals surface area contributed by atoms with Gasteiger partial charge < -0.3 is 15.0 Å². The van der Waals surface area contributed by atoms with Gasteiger partial charge in [0.25, 0.3) is 0 Å². The van der Waals surface area contributed by atoms with E-state index in [1.807, 2.05) is 4.57 Å². The topological polar surface area (TPSA) is 64.0 Å². The van der Waals surface area contributed by atoms with Crippen molar-refractivity contribution >= 4 is 17.4 Å². The Balaban J connectivity index is 1.90. The first-order valence-electron chi connectivity index (χ1n) is 7.42. The molecular weight excluding hydrogens is 294 g/mol. The Hall–Kier alpha value is -1.90. The molecule has 1 aliphatic rings. The number of nitrogens with zero attached hydrogens (tertiary/aromatic N) is 2. The molecule has 1 fully saturated rings. The molecule has 3 rings (SSSR count).